The summed E-state index contributed by atoms with van der Waals surface area (Å²) in [6.07, 6.45) is 2.56. The number of imidazole rings is 1. The van der Waals surface area contributed by atoms with Crippen molar-refractivity contribution >= 4 is 39.0 Å². The molecule has 0 aliphatic rings. The van der Waals surface area contributed by atoms with E-state index in [0.29, 0.717) is 22.1 Å². The quantitative estimate of drug-likeness (QED) is 0.522. The molecule has 0 spiro atoms. The second kappa shape index (κ2) is 6.75. The minimum absolute atomic E-state index is 0.0562. The molecule has 27 heavy (non-hydrogen) atoms. The highest BCUT2D eigenvalue weighted by atomic mass is 35.5. The molecule has 3 aromatic heterocycles. The molecule has 1 aromatic carbocycles. The van der Waals surface area contributed by atoms with E-state index in [-0.39, 0.29) is 12.2 Å². The minimum Gasteiger partial charge on any atom is -0.477 e. The van der Waals surface area contributed by atoms with Gasteiger partial charge in [-0.15, -0.1) is 11.3 Å². The van der Waals surface area contributed by atoms with E-state index >= 15 is 0 Å². The van der Waals surface area contributed by atoms with Gasteiger partial charge >= 0.3 is 5.97 Å². The number of hydrogen-bond acceptors (Lipinski definition) is 4. The number of fused-ring (bicyclic) bond motifs is 1. The molecule has 0 aliphatic heterocycles. The van der Waals surface area contributed by atoms with E-state index in [1.54, 1.807) is 17.6 Å². The van der Waals surface area contributed by atoms with Crippen LogP contribution in [0.1, 0.15) is 21.7 Å². The molecule has 0 saturated heterocycles. The average molecular weight is 402 g/mol. The molecular formula is C19H13ClFN3O2S. The molecule has 0 amide bonds. The third-order valence-electron chi connectivity index (χ3n) is 4.26. The van der Waals surface area contributed by atoms with Gasteiger partial charge in [0, 0.05) is 26.9 Å². The first kappa shape index (κ1) is 17.6. The zero-order valence-corrected chi connectivity index (χ0v) is 15.7. The standard InChI is InChI=1S/C19H13ClFN3O2S/c1-10-17(19(25)26)24(18(23-10)11-5-13(21)7-22-6-11)8-12-9-27-15-4-2-3-14(20)16(12)15/h2-7,9H,8H2,1H3,(H,25,26). The Bertz CT molecular complexity index is 1190. The fraction of sp³-hybridized carbons (Fsp3) is 0.105. The van der Waals surface area contributed by atoms with E-state index in [4.69, 9.17) is 11.6 Å². The molecule has 4 rings (SSSR count). The van der Waals surface area contributed by atoms with Crippen molar-refractivity contribution in [2.75, 3.05) is 0 Å². The van der Waals surface area contributed by atoms with Gasteiger partial charge in [-0.3, -0.25) is 4.98 Å². The minimum atomic E-state index is -1.10. The molecule has 0 atom stereocenters. The normalized spacial score (nSPS) is 11.2. The van der Waals surface area contributed by atoms with Crippen LogP contribution in [0.15, 0.2) is 42.0 Å². The number of carboxylic acids is 1. The summed E-state index contributed by atoms with van der Waals surface area (Å²) in [6.45, 7) is 1.87. The van der Waals surface area contributed by atoms with Crippen LogP contribution in [0.3, 0.4) is 0 Å². The SMILES string of the molecule is Cc1nc(-c2cncc(F)c2)n(Cc2csc3cccc(Cl)c23)c1C(=O)O. The van der Waals surface area contributed by atoms with Crippen molar-refractivity contribution in [1.29, 1.82) is 0 Å². The molecule has 0 aliphatic carbocycles. The first-order chi connectivity index (χ1) is 13.0. The lowest BCUT2D eigenvalue weighted by Crippen LogP contribution is -2.11. The summed E-state index contributed by atoms with van der Waals surface area (Å²) in [5.74, 6) is -1.26. The Hall–Kier alpha value is -2.77. The molecule has 4 aromatic rings. The predicted octanol–water partition coefficient (Wildman–Crippen LogP) is 5.01. The Labute approximate surface area is 162 Å². The summed E-state index contributed by atoms with van der Waals surface area (Å²) in [6, 6.07) is 6.92. The summed E-state index contributed by atoms with van der Waals surface area (Å²) in [7, 11) is 0. The number of thiophene rings is 1. The highest BCUT2D eigenvalue weighted by Gasteiger charge is 2.23. The van der Waals surface area contributed by atoms with Gasteiger partial charge in [-0.1, -0.05) is 17.7 Å². The molecule has 0 saturated carbocycles. The number of rotatable bonds is 4. The fourth-order valence-electron chi connectivity index (χ4n) is 3.15. The van der Waals surface area contributed by atoms with Crippen molar-refractivity contribution < 1.29 is 14.3 Å². The van der Waals surface area contributed by atoms with Crippen molar-refractivity contribution in [3.63, 3.8) is 0 Å². The van der Waals surface area contributed by atoms with E-state index in [1.165, 1.54) is 23.6 Å². The molecule has 0 fully saturated rings. The van der Waals surface area contributed by atoms with E-state index in [2.05, 4.69) is 9.97 Å². The molecule has 1 N–H and O–H groups in total. The van der Waals surface area contributed by atoms with E-state index in [9.17, 15) is 14.3 Å². The maximum Gasteiger partial charge on any atom is 0.354 e. The van der Waals surface area contributed by atoms with Crippen LogP contribution in [0.5, 0.6) is 0 Å². The highest BCUT2D eigenvalue weighted by Crippen LogP contribution is 2.34. The third-order valence-corrected chi connectivity index (χ3v) is 5.57. The van der Waals surface area contributed by atoms with Crippen molar-refractivity contribution in [2.24, 2.45) is 0 Å². The summed E-state index contributed by atoms with van der Waals surface area (Å²) in [4.78, 5) is 20.1. The number of carbonyl (C=O) groups is 1. The Morgan fingerprint density at radius 2 is 2.19 bits per heavy atom. The number of aromatic nitrogens is 3. The van der Waals surface area contributed by atoms with Gasteiger partial charge in [-0.25, -0.2) is 14.2 Å². The van der Waals surface area contributed by atoms with Crippen LogP contribution in [-0.2, 0) is 6.54 Å². The Balaban J connectivity index is 1.92. The summed E-state index contributed by atoms with van der Waals surface area (Å²) in [5, 5.41) is 13.1. The number of benzene rings is 1. The van der Waals surface area contributed by atoms with Gasteiger partial charge in [0.1, 0.15) is 11.6 Å². The van der Waals surface area contributed by atoms with Crippen LogP contribution in [0.4, 0.5) is 4.39 Å². The van der Waals surface area contributed by atoms with Crippen molar-refractivity contribution in [2.45, 2.75) is 13.5 Å². The Morgan fingerprint density at radius 1 is 1.37 bits per heavy atom. The largest absolute Gasteiger partial charge is 0.477 e. The van der Waals surface area contributed by atoms with Crippen LogP contribution in [-0.4, -0.2) is 25.6 Å². The number of aryl methyl sites for hydroxylation is 1. The smallest absolute Gasteiger partial charge is 0.354 e. The van der Waals surface area contributed by atoms with Gasteiger partial charge in [0.2, 0.25) is 0 Å². The number of pyridine rings is 1. The van der Waals surface area contributed by atoms with Crippen LogP contribution in [0.2, 0.25) is 5.02 Å². The lowest BCUT2D eigenvalue weighted by molar-refractivity contribution is 0.0685. The van der Waals surface area contributed by atoms with Gasteiger partial charge in [0.05, 0.1) is 18.4 Å². The van der Waals surface area contributed by atoms with Gasteiger partial charge in [0.25, 0.3) is 0 Å². The van der Waals surface area contributed by atoms with Gasteiger partial charge in [-0.05, 0) is 36.1 Å². The Morgan fingerprint density at radius 3 is 2.93 bits per heavy atom. The van der Waals surface area contributed by atoms with Crippen LogP contribution < -0.4 is 0 Å². The van der Waals surface area contributed by atoms with Gasteiger partial charge < -0.3 is 9.67 Å². The van der Waals surface area contributed by atoms with Crippen molar-refractivity contribution in [3.05, 3.63) is 69.8 Å². The molecule has 136 valence electrons. The number of halogens is 2. The maximum atomic E-state index is 13.7. The zero-order valence-electron chi connectivity index (χ0n) is 14.1. The molecule has 5 nitrogen and oxygen atoms in total. The monoisotopic (exact) mass is 401 g/mol. The molecule has 0 unspecified atom stereocenters. The number of aromatic carboxylic acids is 1. The maximum absolute atomic E-state index is 13.7. The van der Waals surface area contributed by atoms with Gasteiger partial charge in [-0.2, -0.15) is 0 Å². The Kier molecular flexibility index (Phi) is 4.41. The lowest BCUT2D eigenvalue weighted by Gasteiger charge is -2.10. The number of hydrogen-bond donors (Lipinski definition) is 1. The van der Waals surface area contributed by atoms with E-state index in [1.807, 2.05) is 17.5 Å². The third kappa shape index (κ3) is 3.09. The lowest BCUT2D eigenvalue weighted by atomic mass is 10.1. The van der Waals surface area contributed by atoms with Gasteiger partial charge in [0.15, 0.2) is 5.69 Å². The van der Waals surface area contributed by atoms with E-state index in [0.717, 1.165) is 21.8 Å². The molecule has 8 heteroatoms. The summed E-state index contributed by atoms with van der Waals surface area (Å²) >= 11 is 7.90. The van der Waals surface area contributed by atoms with E-state index < -0.39 is 11.8 Å². The highest BCUT2D eigenvalue weighted by molar-refractivity contribution is 7.17. The van der Waals surface area contributed by atoms with Crippen molar-refractivity contribution in [1.82, 2.24) is 14.5 Å². The first-order valence-electron chi connectivity index (χ1n) is 8.01. The number of carboxylic acid groups (broad SMARTS) is 1. The molecule has 3 heterocycles. The first-order valence-corrected chi connectivity index (χ1v) is 9.27. The second-order valence-corrected chi connectivity index (χ2v) is 7.34. The van der Waals surface area contributed by atoms with Crippen LogP contribution >= 0.6 is 22.9 Å². The fourth-order valence-corrected chi connectivity index (χ4v) is 4.48. The van der Waals surface area contributed by atoms with Crippen LogP contribution in [0.25, 0.3) is 21.5 Å². The molecule has 0 bridgehead atoms. The predicted molar refractivity (Wildman–Crippen MR) is 103 cm³/mol. The molecular weight excluding hydrogens is 389 g/mol. The molecule has 0 radical (unpaired) electrons. The van der Waals surface area contributed by atoms with Crippen LogP contribution in [0, 0.1) is 12.7 Å². The second-order valence-electron chi connectivity index (χ2n) is 6.03. The summed E-state index contributed by atoms with van der Waals surface area (Å²) < 4.78 is 16.2. The van der Waals surface area contributed by atoms with Crippen molar-refractivity contribution in [3.8, 4) is 11.4 Å². The summed E-state index contributed by atoms with van der Waals surface area (Å²) in [5.41, 5.74) is 1.70. The zero-order chi connectivity index (χ0) is 19.1. The topological polar surface area (TPSA) is 68.0 Å². The average Bonchev–Trinajstić information content (AvgIpc) is 3.17. The number of nitrogens with zero attached hydrogens (tertiary/aromatic N) is 3.